The summed E-state index contributed by atoms with van der Waals surface area (Å²) in [7, 11) is 0. The molecule has 0 aliphatic carbocycles. The van der Waals surface area contributed by atoms with E-state index in [4.69, 9.17) is 0 Å². The van der Waals surface area contributed by atoms with Gasteiger partial charge in [0.15, 0.2) is 17.5 Å². The maximum absolute atomic E-state index is 13.8. The van der Waals surface area contributed by atoms with E-state index in [1.807, 2.05) is 19.9 Å². The van der Waals surface area contributed by atoms with Gasteiger partial charge in [-0.15, -0.1) is 0 Å². The average Bonchev–Trinajstić information content (AvgIpc) is 2.89. The average molecular weight is 389 g/mol. The van der Waals surface area contributed by atoms with Crippen molar-refractivity contribution in [2.75, 3.05) is 5.32 Å². The topological polar surface area (TPSA) is 72.7 Å². The zero-order valence-corrected chi connectivity index (χ0v) is 15.8. The third-order valence-corrected chi connectivity index (χ3v) is 4.25. The van der Waals surface area contributed by atoms with Crippen LogP contribution in [0.25, 0.3) is 5.95 Å². The molecule has 146 valence electrons. The van der Waals surface area contributed by atoms with Gasteiger partial charge in [0.2, 0.25) is 5.91 Å². The van der Waals surface area contributed by atoms with E-state index >= 15 is 0 Å². The number of carbonyl (C=O) groups is 1. The summed E-state index contributed by atoms with van der Waals surface area (Å²) < 4.78 is 41.6. The first-order chi connectivity index (χ1) is 13.2. The third-order valence-electron chi connectivity index (χ3n) is 4.25. The van der Waals surface area contributed by atoms with E-state index in [0.29, 0.717) is 22.9 Å². The summed E-state index contributed by atoms with van der Waals surface area (Å²) in [4.78, 5) is 21.0. The molecule has 2 aromatic heterocycles. The number of halogens is 3. The number of amides is 1. The molecule has 28 heavy (non-hydrogen) atoms. The molecule has 2 heterocycles. The molecule has 0 aliphatic heterocycles. The highest BCUT2D eigenvalue weighted by Gasteiger charge is 2.20. The van der Waals surface area contributed by atoms with Gasteiger partial charge in [-0.2, -0.15) is 5.10 Å². The SMILES string of the molecule is Cc1cc(C)nc(-n2nc(C)c(CC(=O)Nc3ccc(F)c(F)c3F)c2C)n1. The molecule has 1 amide bonds. The maximum atomic E-state index is 13.8. The Hall–Kier alpha value is -3.23. The number of nitrogens with zero attached hydrogens (tertiary/aromatic N) is 4. The summed E-state index contributed by atoms with van der Waals surface area (Å²) in [6.45, 7) is 7.18. The molecular formula is C19H18F3N5O. The van der Waals surface area contributed by atoms with Crippen LogP contribution in [0.1, 0.15) is 28.3 Å². The first-order valence-corrected chi connectivity index (χ1v) is 8.48. The van der Waals surface area contributed by atoms with Crippen molar-refractivity contribution in [3.8, 4) is 5.95 Å². The summed E-state index contributed by atoms with van der Waals surface area (Å²) in [6, 6.07) is 3.55. The Morgan fingerprint density at radius 1 is 1.04 bits per heavy atom. The molecule has 0 spiro atoms. The highest BCUT2D eigenvalue weighted by atomic mass is 19.2. The Labute approximate surface area is 159 Å². The van der Waals surface area contributed by atoms with E-state index in [2.05, 4.69) is 20.4 Å². The minimum Gasteiger partial charge on any atom is -0.323 e. The summed E-state index contributed by atoms with van der Waals surface area (Å²) in [5.74, 6) is -4.60. The van der Waals surface area contributed by atoms with Gasteiger partial charge in [-0.05, 0) is 45.9 Å². The van der Waals surface area contributed by atoms with Gasteiger partial charge in [-0.1, -0.05) is 0 Å². The molecule has 0 saturated carbocycles. The number of anilines is 1. The Kier molecular flexibility index (Phi) is 5.17. The second-order valence-corrected chi connectivity index (χ2v) is 6.46. The van der Waals surface area contributed by atoms with Gasteiger partial charge in [-0.3, -0.25) is 4.79 Å². The number of hydrogen-bond acceptors (Lipinski definition) is 4. The second kappa shape index (κ2) is 7.41. The Morgan fingerprint density at radius 3 is 2.32 bits per heavy atom. The molecule has 0 saturated heterocycles. The highest BCUT2D eigenvalue weighted by Crippen LogP contribution is 2.21. The Bertz CT molecular complexity index is 1060. The van der Waals surface area contributed by atoms with Crippen LogP contribution in [0.3, 0.4) is 0 Å². The van der Waals surface area contributed by atoms with Crippen molar-refractivity contribution >= 4 is 11.6 Å². The van der Waals surface area contributed by atoms with E-state index in [1.165, 1.54) is 4.68 Å². The second-order valence-electron chi connectivity index (χ2n) is 6.46. The van der Waals surface area contributed by atoms with Crippen LogP contribution in [0.5, 0.6) is 0 Å². The van der Waals surface area contributed by atoms with Crippen molar-refractivity contribution in [2.45, 2.75) is 34.1 Å². The van der Waals surface area contributed by atoms with Crippen LogP contribution in [0.4, 0.5) is 18.9 Å². The number of rotatable bonds is 4. The van der Waals surface area contributed by atoms with Gasteiger partial charge in [0.05, 0.1) is 17.8 Å². The zero-order valence-electron chi connectivity index (χ0n) is 15.8. The molecule has 0 radical (unpaired) electrons. The van der Waals surface area contributed by atoms with Crippen LogP contribution in [0.2, 0.25) is 0 Å². The van der Waals surface area contributed by atoms with Gasteiger partial charge in [-0.25, -0.2) is 27.8 Å². The molecule has 9 heteroatoms. The number of benzene rings is 1. The molecule has 0 atom stereocenters. The first-order valence-electron chi connectivity index (χ1n) is 8.48. The molecule has 6 nitrogen and oxygen atoms in total. The smallest absolute Gasteiger partial charge is 0.251 e. The van der Waals surface area contributed by atoms with Crippen molar-refractivity contribution < 1.29 is 18.0 Å². The van der Waals surface area contributed by atoms with Crippen LogP contribution < -0.4 is 5.32 Å². The van der Waals surface area contributed by atoms with Crippen LogP contribution in [0.15, 0.2) is 18.2 Å². The van der Waals surface area contributed by atoms with Crippen LogP contribution in [0, 0.1) is 45.1 Å². The molecule has 1 N–H and O–H groups in total. The summed E-state index contributed by atoms with van der Waals surface area (Å²) in [5, 5.41) is 6.65. The largest absolute Gasteiger partial charge is 0.323 e. The Morgan fingerprint density at radius 2 is 1.68 bits per heavy atom. The van der Waals surface area contributed by atoms with Crippen LogP contribution in [-0.4, -0.2) is 25.7 Å². The zero-order chi connectivity index (χ0) is 20.6. The van der Waals surface area contributed by atoms with Gasteiger partial charge >= 0.3 is 0 Å². The first kappa shape index (κ1) is 19.5. The maximum Gasteiger partial charge on any atom is 0.251 e. The molecule has 0 unspecified atom stereocenters. The van der Waals surface area contributed by atoms with E-state index in [-0.39, 0.29) is 6.42 Å². The minimum absolute atomic E-state index is 0.124. The van der Waals surface area contributed by atoms with Crippen LogP contribution in [-0.2, 0) is 11.2 Å². The van der Waals surface area contributed by atoms with E-state index in [9.17, 15) is 18.0 Å². The van der Waals surface area contributed by atoms with Crippen molar-refractivity contribution in [3.05, 3.63) is 64.0 Å². The van der Waals surface area contributed by atoms with Gasteiger partial charge in [0.25, 0.3) is 5.95 Å². The molecule has 0 fully saturated rings. The van der Waals surface area contributed by atoms with Crippen molar-refractivity contribution in [1.82, 2.24) is 19.7 Å². The lowest BCUT2D eigenvalue weighted by Gasteiger charge is -2.08. The number of aryl methyl sites for hydroxylation is 3. The third kappa shape index (κ3) is 3.73. The molecule has 1 aromatic carbocycles. The lowest BCUT2D eigenvalue weighted by molar-refractivity contribution is -0.115. The number of nitrogens with one attached hydrogen (secondary N) is 1. The quantitative estimate of drug-likeness (QED) is 0.694. The molecule has 0 aliphatic rings. The lowest BCUT2D eigenvalue weighted by atomic mass is 10.1. The van der Waals surface area contributed by atoms with Crippen molar-refractivity contribution in [1.29, 1.82) is 0 Å². The lowest BCUT2D eigenvalue weighted by Crippen LogP contribution is -2.17. The standard InChI is InChI=1S/C19H18F3N5O/c1-9-7-10(2)24-19(23-9)27-12(4)13(11(3)26-27)8-16(28)25-15-6-5-14(20)17(21)18(15)22/h5-7H,8H2,1-4H3,(H,25,28). The molecular weight excluding hydrogens is 371 g/mol. The van der Waals surface area contributed by atoms with Gasteiger partial charge in [0, 0.05) is 22.6 Å². The van der Waals surface area contributed by atoms with Gasteiger partial charge < -0.3 is 5.32 Å². The normalized spacial score (nSPS) is 11.0. The predicted molar refractivity (Wildman–Crippen MR) is 96.8 cm³/mol. The molecule has 3 rings (SSSR count). The molecule has 0 bridgehead atoms. The van der Waals surface area contributed by atoms with Crippen molar-refractivity contribution in [2.24, 2.45) is 0 Å². The fraction of sp³-hybridized carbons (Fsp3) is 0.263. The predicted octanol–water partition coefficient (Wildman–Crippen LogP) is 3.49. The summed E-state index contributed by atoms with van der Waals surface area (Å²) in [6.07, 6.45) is -0.124. The highest BCUT2D eigenvalue weighted by molar-refractivity contribution is 5.92. The summed E-state index contributed by atoms with van der Waals surface area (Å²) in [5.41, 5.74) is 2.99. The van der Waals surface area contributed by atoms with Crippen LogP contribution >= 0.6 is 0 Å². The summed E-state index contributed by atoms with van der Waals surface area (Å²) >= 11 is 0. The fourth-order valence-electron chi connectivity index (χ4n) is 2.90. The van der Waals surface area contributed by atoms with Crippen molar-refractivity contribution in [3.63, 3.8) is 0 Å². The number of carbonyl (C=O) groups excluding carboxylic acids is 1. The number of aromatic nitrogens is 4. The fourth-order valence-corrected chi connectivity index (χ4v) is 2.90. The Balaban J connectivity index is 1.86. The number of hydrogen-bond donors (Lipinski definition) is 1. The van der Waals surface area contributed by atoms with E-state index in [1.54, 1.807) is 13.8 Å². The molecule has 3 aromatic rings. The van der Waals surface area contributed by atoms with E-state index < -0.39 is 29.0 Å². The van der Waals surface area contributed by atoms with Gasteiger partial charge in [0.1, 0.15) is 0 Å². The monoisotopic (exact) mass is 389 g/mol. The van der Waals surface area contributed by atoms with E-state index in [0.717, 1.165) is 23.5 Å². The minimum atomic E-state index is -1.63.